The molecule has 3 amide bonds. The number of imide groups is 1. The zero-order valence-corrected chi connectivity index (χ0v) is 12.0. The molecule has 0 aromatic carbocycles. The van der Waals surface area contributed by atoms with Gasteiger partial charge in [-0.3, -0.25) is 19.8 Å². The molecule has 0 saturated heterocycles. The number of nitrogens with one attached hydrogen (secondary N) is 2. The van der Waals surface area contributed by atoms with Gasteiger partial charge in [0.25, 0.3) is 0 Å². The molecule has 0 aliphatic heterocycles. The highest BCUT2D eigenvalue weighted by Crippen LogP contribution is 2.02. The maximum absolute atomic E-state index is 11.8. The van der Waals surface area contributed by atoms with Crippen LogP contribution in [-0.2, 0) is 14.3 Å². The summed E-state index contributed by atoms with van der Waals surface area (Å²) >= 11 is 0. The summed E-state index contributed by atoms with van der Waals surface area (Å²) in [5, 5.41) is 4.49. The van der Waals surface area contributed by atoms with E-state index in [1.165, 1.54) is 7.05 Å². The molecule has 0 aliphatic rings. The molecule has 0 aromatic rings. The number of nitrogens with zero attached hydrogens (tertiary/aromatic N) is 1. The third kappa shape index (κ3) is 6.76. The first kappa shape index (κ1) is 17.4. The van der Waals surface area contributed by atoms with Crippen molar-refractivity contribution < 1.29 is 19.1 Å². The van der Waals surface area contributed by atoms with Crippen LogP contribution >= 0.6 is 0 Å². The van der Waals surface area contributed by atoms with Gasteiger partial charge in [0.05, 0.1) is 19.2 Å². The lowest BCUT2D eigenvalue weighted by Crippen LogP contribution is -2.50. The summed E-state index contributed by atoms with van der Waals surface area (Å²) in [5.74, 6) is -0.826. The largest absolute Gasteiger partial charge is 0.465 e. The minimum Gasteiger partial charge on any atom is -0.465 e. The van der Waals surface area contributed by atoms with Crippen molar-refractivity contribution in [1.82, 2.24) is 15.5 Å². The van der Waals surface area contributed by atoms with Crippen LogP contribution in [-0.4, -0.2) is 55.6 Å². The van der Waals surface area contributed by atoms with E-state index in [0.29, 0.717) is 13.2 Å². The van der Waals surface area contributed by atoms with Crippen LogP contribution in [0.25, 0.3) is 0 Å². The average Bonchev–Trinajstić information content (AvgIpc) is 2.37. The van der Waals surface area contributed by atoms with Gasteiger partial charge < -0.3 is 10.1 Å². The van der Waals surface area contributed by atoms with Crippen molar-refractivity contribution in [1.29, 1.82) is 0 Å². The molecule has 7 heteroatoms. The van der Waals surface area contributed by atoms with E-state index >= 15 is 0 Å². The Morgan fingerprint density at radius 3 is 2.37 bits per heavy atom. The molecular formula is C12H23N3O4. The van der Waals surface area contributed by atoms with Crippen molar-refractivity contribution in [3.8, 4) is 0 Å². The number of rotatable bonds is 7. The first-order valence-electron chi connectivity index (χ1n) is 6.38. The van der Waals surface area contributed by atoms with Crippen molar-refractivity contribution in [2.24, 2.45) is 0 Å². The van der Waals surface area contributed by atoms with E-state index in [1.807, 2.05) is 6.92 Å². The molecule has 0 bridgehead atoms. The Morgan fingerprint density at radius 2 is 1.89 bits per heavy atom. The molecule has 0 aliphatic carbocycles. The van der Waals surface area contributed by atoms with Gasteiger partial charge >= 0.3 is 12.0 Å². The molecule has 0 radical (unpaired) electrons. The molecule has 0 saturated carbocycles. The number of esters is 1. The van der Waals surface area contributed by atoms with Gasteiger partial charge in [0.1, 0.15) is 0 Å². The normalized spacial score (nSPS) is 11.8. The summed E-state index contributed by atoms with van der Waals surface area (Å²) in [7, 11) is 1.43. The van der Waals surface area contributed by atoms with Crippen LogP contribution < -0.4 is 10.6 Å². The maximum Gasteiger partial charge on any atom is 0.321 e. The van der Waals surface area contributed by atoms with Crippen molar-refractivity contribution in [3.05, 3.63) is 0 Å². The fourth-order valence-electron chi connectivity index (χ4n) is 1.51. The number of amides is 3. The molecule has 2 N–H and O–H groups in total. The fraction of sp³-hybridized carbons (Fsp3) is 0.750. The predicted octanol–water partition coefficient (Wildman–Crippen LogP) is 0.106. The number of ether oxygens (including phenoxy) is 1. The quantitative estimate of drug-likeness (QED) is 0.643. The molecule has 0 spiro atoms. The van der Waals surface area contributed by atoms with E-state index in [4.69, 9.17) is 4.74 Å². The molecule has 19 heavy (non-hydrogen) atoms. The smallest absolute Gasteiger partial charge is 0.321 e. The lowest BCUT2D eigenvalue weighted by atomic mass is 10.2. The van der Waals surface area contributed by atoms with Gasteiger partial charge in [-0.05, 0) is 26.8 Å². The van der Waals surface area contributed by atoms with Crippen LogP contribution in [0.15, 0.2) is 0 Å². The van der Waals surface area contributed by atoms with Crippen LogP contribution in [0.3, 0.4) is 0 Å². The van der Waals surface area contributed by atoms with E-state index in [0.717, 1.165) is 6.42 Å². The second-order valence-corrected chi connectivity index (χ2v) is 4.02. The second kappa shape index (κ2) is 9.32. The Kier molecular flexibility index (Phi) is 8.52. The number of urea groups is 1. The van der Waals surface area contributed by atoms with Crippen molar-refractivity contribution in [2.45, 2.75) is 33.2 Å². The highest BCUT2D eigenvalue weighted by molar-refractivity contribution is 5.96. The minimum absolute atomic E-state index is 0.0318. The molecule has 0 aromatic heterocycles. The van der Waals surface area contributed by atoms with E-state index in [2.05, 4.69) is 10.6 Å². The summed E-state index contributed by atoms with van der Waals surface area (Å²) in [6, 6.07) is -1.15. The predicted molar refractivity (Wildman–Crippen MR) is 70.6 cm³/mol. The lowest BCUT2D eigenvalue weighted by molar-refractivity contribution is -0.145. The molecule has 1 unspecified atom stereocenters. The van der Waals surface area contributed by atoms with Crippen LogP contribution in [0.5, 0.6) is 0 Å². The highest BCUT2D eigenvalue weighted by atomic mass is 16.5. The number of hydrogen-bond donors (Lipinski definition) is 2. The Hall–Kier alpha value is -1.63. The van der Waals surface area contributed by atoms with Gasteiger partial charge in [0.15, 0.2) is 0 Å². The third-order valence-corrected chi connectivity index (χ3v) is 2.54. The molecule has 0 rings (SSSR count). The Morgan fingerprint density at radius 1 is 1.26 bits per heavy atom. The zero-order chi connectivity index (χ0) is 14.8. The number of carbonyl (C=O) groups excluding carboxylic acids is 3. The van der Waals surface area contributed by atoms with Gasteiger partial charge in [-0.1, -0.05) is 6.92 Å². The molecule has 0 heterocycles. The van der Waals surface area contributed by atoms with Gasteiger partial charge in [-0.15, -0.1) is 0 Å². The summed E-state index contributed by atoms with van der Waals surface area (Å²) in [5.41, 5.74) is 0. The molecular weight excluding hydrogens is 250 g/mol. The summed E-state index contributed by atoms with van der Waals surface area (Å²) in [6.45, 7) is 6.22. The van der Waals surface area contributed by atoms with Crippen LogP contribution in [0, 0.1) is 0 Å². The van der Waals surface area contributed by atoms with E-state index in [-0.39, 0.29) is 12.5 Å². The third-order valence-electron chi connectivity index (χ3n) is 2.54. The monoisotopic (exact) mass is 273 g/mol. The van der Waals surface area contributed by atoms with Gasteiger partial charge in [0, 0.05) is 7.05 Å². The van der Waals surface area contributed by atoms with E-state index in [1.54, 1.807) is 18.7 Å². The van der Waals surface area contributed by atoms with Crippen molar-refractivity contribution in [2.75, 3.05) is 26.7 Å². The molecule has 1 atom stereocenters. The highest BCUT2D eigenvalue weighted by Gasteiger charge is 2.24. The van der Waals surface area contributed by atoms with Crippen LogP contribution in [0.1, 0.15) is 27.2 Å². The summed E-state index contributed by atoms with van der Waals surface area (Å²) < 4.78 is 4.86. The van der Waals surface area contributed by atoms with E-state index < -0.39 is 18.0 Å². The van der Waals surface area contributed by atoms with Crippen molar-refractivity contribution in [3.63, 3.8) is 0 Å². The van der Waals surface area contributed by atoms with Gasteiger partial charge in [0.2, 0.25) is 5.91 Å². The fourth-order valence-corrected chi connectivity index (χ4v) is 1.51. The topological polar surface area (TPSA) is 87.7 Å². The number of hydrogen-bond acceptors (Lipinski definition) is 5. The Bertz CT molecular complexity index is 320. The van der Waals surface area contributed by atoms with Crippen LogP contribution in [0.2, 0.25) is 0 Å². The first-order chi connectivity index (χ1) is 8.96. The average molecular weight is 273 g/mol. The SMILES string of the molecule is CCCN(CC(=O)OCC)C(C)C(=O)NC(=O)NC. The maximum atomic E-state index is 11.8. The van der Waals surface area contributed by atoms with Gasteiger partial charge in [-0.2, -0.15) is 0 Å². The second-order valence-electron chi connectivity index (χ2n) is 4.02. The number of carbonyl (C=O) groups is 3. The zero-order valence-electron chi connectivity index (χ0n) is 12.0. The summed E-state index contributed by atoms with van der Waals surface area (Å²) in [6.07, 6.45) is 0.789. The standard InChI is InChI=1S/C12H23N3O4/c1-5-7-15(8-10(16)19-6-2)9(3)11(17)14-12(18)13-4/h9H,5-8H2,1-4H3,(H2,13,14,17,18). The molecule has 0 fully saturated rings. The first-order valence-corrected chi connectivity index (χ1v) is 6.38. The van der Waals surface area contributed by atoms with Crippen LogP contribution in [0.4, 0.5) is 4.79 Å². The Labute approximate surface area is 113 Å². The lowest BCUT2D eigenvalue weighted by Gasteiger charge is -2.26. The van der Waals surface area contributed by atoms with E-state index in [9.17, 15) is 14.4 Å². The molecule has 7 nitrogen and oxygen atoms in total. The summed E-state index contributed by atoms with van der Waals surface area (Å²) in [4.78, 5) is 36.0. The minimum atomic E-state index is -0.582. The Balaban J connectivity index is 4.54. The molecule has 110 valence electrons. The van der Waals surface area contributed by atoms with Crippen molar-refractivity contribution >= 4 is 17.9 Å². The van der Waals surface area contributed by atoms with Gasteiger partial charge in [-0.25, -0.2) is 4.79 Å².